The topological polar surface area (TPSA) is 67.4 Å². The molecule has 5 nitrogen and oxygen atoms in total. The van der Waals surface area contributed by atoms with E-state index in [1.54, 1.807) is 12.1 Å². The van der Waals surface area contributed by atoms with Gasteiger partial charge in [0.25, 0.3) is 11.8 Å². The molecule has 0 aliphatic rings. The van der Waals surface area contributed by atoms with Crippen LogP contribution in [0.3, 0.4) is 0 Å². The summed E-state index contributed by atoms with van der Waals surface area (Å²) >= 11 is 6.03. The van der Waals surface area contributed by atoms with Crippen LogP contribution in [0.25, 0.3) is 6.08 Å². The first-order chi connectivity index (χ1) is 12.3. The third-order valence-corrected chi connectivity index (χ3v) is 4.06. The van der Waals surface area contributed by atoms with Gasteiger partial charge < -0.3 is 4.74 Å². The Morgan fingerprint density at radius 1 is 1.04 bits per heavy atom. The van der Waals surface area contributed by atoms with Gasteiger partial charge in [0.1, 0.15) is 5.75 Å². The predicted octanol–water partition coefficient (Wildman–Crippen LogP) is 3.50. The summed E-state index contributed by atoms with van der Waals surface area (Å²) in [6.07, 6.45) is 2.92. The maximum Gasteiger partial charge on any atom is 0.276 e. The quantitative estimate of drug-likeness (QED) is 0.623. The van der Waals surface area contributed by atoms with Crippen molar-refractivity contribution in [2.24, 2.45) is 0 Å². The molecule has 0 aromatic heterocycles. The number of benzene rings is 2. The fourth-order valence-electron chi connectivity index (χ4n) is 2.10. The van der Waals surface area contributed by atoms with Crippen molar-refractivity contribution < 1.29 is 14.3 Å². The van der Waals surface area contributed by atoms with Crippen LogP contribution < -0.4 is 15.6 Å². The number of amides is 2. The van der Waals surface area contributed by atoms with Gasteiger partial charge in [-0.25, -0.2) is 0 Å². The molecule has 2 amide bonds. The lowest BCUT2D eigenvalue weighted by Crippen LogP contribution is -2.43. The summed E-state index contributed by atoms with van der Waals surface area (Å²) in [7, 11) is 0. The van der Waals surface area contributed by atoms with Gasteiger partial charge in [0.05, 0.1) is 0 Å². The summed E-state index contributed by atoms with van der Waals surface area (Å²) in [5.74, 6) is -0.268. The lowest BCUT2D eigenvalue weighted by molar-refractivity contribution is -0.128. The Hall–Kier alpha value is -2.79. The van der Waals surface area contributed by atoms with Crippen molar-refractivity contribution in [3.63, 3.8) is 0 Å². The minimum atomic E-state index is -0.457. The summed E-state index contributed by atoms with van der Waals surface area (Å²) in [6.45, 7) is 5.55. The summed E-state index contributed by atoms with van der Waals surface area (Å²) in [5, 5.41) is 0.629. The van der Waals surface area contributed by atoms with E-state index < -0.39 is 11.8 Å². The Morgan fingerprint density at radius 3 is 2.50 bits per heavy atom. The first-order valence-electron chi connectivity index (χ1n) is 8.08. The number of hydrogen-bond acceptors (Lipinski definition) is 3. The monoisotopic (exact) mass is 372 g/mol. The van der Waals surface area contributed by atoms with Gasteiger partial charge in [-0.3, -0.25) is 20.4 Å². The molecule has 0 unspecified atom stereocenters. The average Bonchev–Trinajstić information content (AvgIpc) is 2.61. The van der Waals surface area contributed by atoms with Gasteiger partial charge in [-0.15, -0.1) is 0 Å². The fraction of sp³-hybridized carbons (Fsp3) is 0.200. The van der Waals surface area contributed by atoms with Crippen LogP contribution in [-0.4, -0.2) is 18.4 Å². The lowest BCUT2D eigenvalue weighted by Gasteiger charge is -2.10. The molecule has 0 saturated heterocycles. The zero-order valence-corrected chi connectivity index (χ0v) is 15.7. The largest absolute Gasteiger partial charge is 0.483 e. The molecule has 6 heteroatoms. The van der Waals surface area contributed by atoms with Crippen LogP contribution >= 0.6 is 11.6 Å². The van der Waals surface area contributed by atoms with Crippen LogP contribution in [0, 0.1) is 20.8 Å². The third kappa shape index (κ3) is 5.93. The molecule has 0 aliphatic heterocycles. The van der Waals surface area contributed by atoms with Crippen LogP contribution in [0.15, 0.2) is 42.5 Å². The number of aryl methyl sites for hydroxylation is 3. The van der Waals surface area contributed by atoms with Gasteiger partial charge in [-0.1, -0.05) is 35.9 Å². The first-order valence-corrected chi connectivity index (χ1v) is 8.46. The van der Waals surface area contributed by atoms with Crippen molar-refractivity contribution in [2.75, 3.05) is 6.61 Å². The van der Waals surface area contributed by atoms with E-state index in [0.717, 1.165) is 22.3 Å². The molecular weight excluding hydrogens is 352 g/mol. The number of nitrogens with one attached hydrogen (secondary N) is 2. The van der Waals surface area contributed by atoms with Crippen LogP contribution in [0.2, 0.25) is 5.02 Å². The third-order valence-electron chi connectivity index (χ3n) is 3.65. The zero-order valence-electron chi connectivity index (χ0n) is 14.9. The molecule has 0 aliphatic carbocycles. The van der Waals surface area contributed by atoms with Crippen molar-refractivity contribution in [1.82, 2.24) is 10.9 Å². The normalized spacial score (nSPS) is 10.6. The second-order valence-corrected chi connectivity index (χ2v) is 6.34. The summed E-state index contributed by atoms with van der Waals surface area (Å²) in [4.78, 5) is 23.5. The van der Waals surface area contributed by atoms with Crippen molar-refractivity contribution in [3.05, 3.63) is 69.8 Å². The van der Waals surface area contributed by atoms with Gasteiger partial charge >= 0.3 is 0 Å². The van der Waals surface area contributed by atoms with Gasteiger partial charge in [-0.05, 0) is 61.2 Å². The van der Waals surface area contributed by atoms with E-state index >= 15 is 0 Å². The predicted molar refractivity (Wildman–Crippen MR) is 103 cm³/mol. The van der Waals surface area contributed by atoms with Gasteiger partial charge in [0, 0.05) is 11.1 Å². The highest BCUT2D eigenvalue weighted by Crippen LogP contribution is 2.19. The maximum absolute atomic E-state index is 11.8. The van der Waals surface area contributed by atoms with Crippen molar-refractivity contribution >= 4 is 29.5 Å². The highest BCUT2D eigenvalue weighted by atomic mass is 35.5. The molecule has 2 aromatic rings. The van der Waals surface area contributed by atoms with Crippen LogP contribution in [0.5, 0.6) is 5.75 Å². The standard InChI is InChI=1S/C20H21ClN2O3/c1-13-4-5-15(3)18(10-13)26-12-20(25)23-22-19(24)9-8-16-7-6-14(2)17(21)11-16/h4-11H,12H2,1-3H3,(H,22,24)(H,23,25)/b9-8+. The number of rotatable bonds is 5. The van der Waals surface area contributed by atoms with E-state index in [2.05, 4.69) is 10.9 Å². The van der Waals surface area contributed by atoms with E-state index in [9.17, 15) is 9.59 Å². The van der Waals surface area contributed by atoms with E-state index in [1.807, 2.05) is 51.1 Å². The van der Waals surface area contributed by atoms with Crippen LogP contribution in [-0.2, 0) is 9.59 Å². The van der Waals surface area contributed by atoms with Gasteiger partial charge in [0.15, 0.2) is 6.61 Å². The second kappa shape index (κ2) is 9.06. The molecule has 0 heterocycles. The second-order valence-electron chi connectivity index (χ2n) is 5.94. The number of hydrazine groups is 1. The first kappa shape index (κ1) is 19.5. The van der Waals surface area contributed by atoms with Gasteiger partial charge in [0.2, 0.25) is 0 Å². The molecule has 0 atom stereocenters. The lowest BCUT2D eigenvalue weighted by atomic mass is 10.1. The molecule has 136 valence electrons. The average molecular weight is 373 g/mol. The smallest absolute Gasteiger partial charge is 0.276 e. The van der Waals surface area contributed by atoms with E-state index in [0.29, 0.717) is 10.8 Å². The number of ether oxygens (including phenoxy) is 1. The van der Waals surface area contributed by atoms with Crippen molar-refractivity contribution in [1.29, 1.82) is 0 Å². The molecular formula is C20H21ClN2O3. The summed E-state index contributed by atoms with van der Waals surface area (Å²) < 4.78 is 5.47. The van der Waals surface area contributed by atoms with E-state index in [1.165, 1.54) is 6.08 Å². The Balaban J connectivity index is 1.79. The Bertz CT molecular complexity index is 847. The Kier molecular flexibility index (Phi) is 6.81. The molecule has 0 spiro atoms. The van der Waals surface area contributed by atoms with Crippen LogP contribution in [0.1, 0.15) is 22.3 Å². The van der Waals surface area contributed by atoms with Crippen molar-refractivity contribution in [2.45, 2.75) is 20.8 Å². The Morgan fingerprint density at radius 2 is 1.77 bits per heavy atom. The number of carbonyl (C=O) groups excluding carboxylic acids is 2. The number of hydrogen-bond donors (Lipinski definition) is 2. The minimum Gasteiger partial charge on any atom is -0.483 e. The van der Waals surface area contributed by atoms with E-state index in [4.69, 9.17) is 16.3 Å². The molecule has 0 saturated carbocycles. The molecule has 0 bridgehead atoms. The Labute approximate surface area is 158 Å². The molecule has 0 fully saturated rings. The summed E-state index contributed by atoms with van der Waals surface area (Å²) in [6, 6.07) is 11.2. The maximum atomic E-state index is 11.8. The highest BCUT2D eigenvalue weighted by molar-refractivity contribution is 6.31. The van der Waals surface area contributed by atoms with E-state index in [-0.39, 0.29) is 6.61 Å². The highest BCUT2D eigenvalue weighted by Gasteiger charge is 2.06. The number of halogens is 1. The summed E-state index contributed by atoms with van der Waals surface area (Å²) in [5.41, 5.74) is 8.34. The molecule has 26 heavy (non-hydrogen) atoms. The fourth-order valence-corrected chi connectivity index (χ4v) is 2.29. The molecule has 2 aromatic carbocycles. The molecule has 0 radical (unpaired) electrons. The zero-order chi connectivity index (χ0) is 19.1. The van der Waals surface area contributed by atoms with Crippen molar-refractivity contribution in [3.8, 4) is 5.75 Å². The van der Waals surface area contributed by atoms with Gasteiger partial charge in [-0.2, -0.15) is 0 Å². The molecule has 2 N–H and O–H groups in total. The molecule has 2 rings (SSSR count). The number of carbonyl (C=O) groups is 2. The van der Waals surface area contributed by atoms with Crippen LogP contribution in [0.4, 0.5) is 0 Å². The SMILES string of the molecule is Cc1ccc(C)c(OCC(=O)NNC(=O)/C=C/c2ccc(C)c(Cl)c2)c1. The minimum absolute atomic E-state index is 0.193.